The first-order chi connectivity index (χ1) is 10.6. The summed E-state index contributed by atoms with van der Waals surface area (Å²) in [7, 11) is 0. The van der Waals surface area contributed by atoms with Gasteiger partial charge in [-0.3, -0.25) is 9.78 Å². The number of carbonyl (C=O) groups is 1. The minimum absolute atomic E-state index is 0.154. The SMILES string of the molecule is O=C(COc1c(Br)cc(Br)cc1Br)N/N=C/c1ccccn1. The van der Waals surface area contributed by atoms with E-state index in [0.29, 0.717) is 11.4 Å². The molecule has 1 heterocycles. The Morgan fingerprint density at radius 3 is 2.64 bits per heavy atom. The number of nitrogens with zero attached hydrogens (tertiary/aromatic N) is 2. The summed E-state index contributed by atoms with van der Waals surface area (Å²) < 4.78 is 7.83. The Labute approximate surface area is 152 Å². The quantitative estimate of drug-likeness (QED) is 0.509. The minimum Gasteiger partial charge on any atom is -0.481 e. The topological polar surface area (TPSA) is 63.6 Å². The molecule has 0 unspecified atom stereocenters. The van der Waals surface area contributed by atoms with Gasteiger partial charge in [0.25, 0.3) is 5.91 Å². The standard InChI is InChI=1S/C14H10Br3N3O2/c15-9-5-11(16)14(12(17)6-9)22-8-13(21)20-19-7-10-3-1-2-4-18-10/h1-7H,8H2,(H,20,21)/b19-7+. The maximum Gasteiger partial charge on any atom is 0.277 e. The number of amides is 1. The van der Waals surface area contributed by atoms with Gasteiger partial charge in [0.05, 0.1) is 20.9 Å². The van der Waals surface area contributed by atoms with Gasteiger partial charge >= 0.3 is 0 Å². The van der Waals surface area contributed by atoms with E-state index in [1.165, 1.54) is 6.21 Å². The molecule has 0 bridgehead atoms. The van der Waals surface area contributed by atoms with Crippen LogP contribution < -0.4 is 10.2 Å². The molecule has 22 heavy (non-hydrogen) atoms. The van der Waals surface area contributed by atoms with Gasteiger partial charge in [-0.25, -0.2) is 5.43 Å². The number of pyridine rings is 1. The Bertz CT molecular complexity index is 670. The minimum atomic E-state index is -0.367. The van der Waals surface area contributed by atoms with Crippen molar-refractivity contribution in [3.05, 3.63) is 55.6 Å². The average Bonchev–Trinajstić information content (AvgIpc) is 2.47. The lowest BCUT2D eigenvalue weighted by molar-refractivity contribution is -0.123. The molecule has 1 aromatic carbocycles. The van der Waals surface area contributed by atoms with Crippen LogP contribution in [0.1, 0.15) is 5.69 Å². The number of ether oxygens (including phenoxy) is 1. The fourth-order valence-electron chi connectivity index (χ4n) is 1.46. The van der Waals surface area contributed by atoms with Crippen LogP contribution in [0.4, 0.5) is 0 Å². The molecule has 8 heteroatoms. The monoisotopic (exact) mass is 489 g/mol. The first-order valence-electron chi connectivity index (χ1n) is 6.06. The number of benzene rings is 1. The zero-order chi connectivity index (χ0) is 15.9. The summed E-state index contributed by atoms with van der Waals surface area (Å²) in [6.45, 7) is -0.154. The van der Waals surface area contributed by atoms with Crippen molar-refractivity contribution in [2.24, 2.45) is 5.10 Å². The van der Waals surface area contributed by atoms with Crippen LogP contribution in [0.25, 0.3) is 0 Å². The highest BCUT2D eigenvalue weighted by molar-refractivity contribution is 9.11. The van der Waals surface area contributed by atoms with Crippen molar-refractivity contribution in [3.8, 4) is 5.75 Å². The molecule has 0 fully saturated rings. The molecule has 0 radical (unpaired) electrons. The number of hydrogen-bond acceptors (Lipinski definition) is 4. The van der Waals surface area contributed by atoms with Crippen LogP contribution in [-0.2, 0) is 4.79 Å². The number of hydrogen-bond donors (Lipinski definition) is 1. The first kappa shape index (κ1) is 17.1. The van der Waals surface area contributed by atoms with E-state index in [1.54, 1.807) is 18.3 Å². The molecular weight excluding hydrogens is 482 g/mol. The van der Waals surface area contributed by atoms with Crippen LogP contribution >= 0.6 is 47.8 Å². The van der Waals surface area contributed by atoms with Crippen molar-refractivity contribution in [2.75, 3.05) is 6.61 Å². The number of carbonyl (C=O) groups excluding carboxylic acids is 1. The fourth-order valence-corrected chi connectivity index (χ4v) is 3.95. The molecule has 2 aromatic rings. The van der Waals surface area contributed by atoms with Crippen LogP contribution in [0, 0.1) is 0 Å². The number of halogens is 3. The van der Waals surface area contributed by atoms with E-state index in [0.717, 1.165) is 13.4 Å². The van der Waals surface area contributed by atoms with Crippen LogP contribution in [0.15, 0.2) is 55.0 Å². The highest BCUT2D eigenvalue weighted by atomic mass is 79.9. The van der Waals surface area contributed by atoms with Crippen molar-refractivity contribution in [1.82, 2.24) is 10.4 Å². The highest BCUT2D eigenvalue weighted by Gasteiger charge is 2.10. The Balaban J connectivity index is 1.87. The summed E-state index contributed by atoms with van der Waals surface area (Å²) in [6, 6.07) is 9.08. The molecule has 0 aliphatic rings. The Morgan fingerprint density at radius 1 is 1.27 bits per heavy atom. The molecular formula is C14H10Br3N3O2. The van der Waals surface area contributed by atoms with Crippen LogP contribution in [0.5, 0.6) is 5.75 Å². The number of rotatable bonds is 5. The van der Waals surface area contributed by atoms with Gasteiger partial charge in [-0.2, -0.15) is 5.10 Å². The summed E-state index contributed by atoms with van der Waals surface area (Å²) in [5.74, 6) is 0.181. The summed E-state index contributed by atoms with van der Waals surface area (Å²) >= 11 is 10.1. The zero-order valence-corrected chi connectivity index (χ0v) is 15.9. The van der Waals surface area contributed by atoms with Gasteiger partial charge in [-0.1, -0.05) is 22.0 Å². The molecule has 0 saturated carbocycles. The van der Waals surface area contributed by atoms with E-state index in [1.807, 2.05) is 18.2 Å². The molecule has 114 valence electrons. The molecule has 1 aromatic heterocycles. The molecule has 0 atom stereocenters. The predicted octanol–water partition coefficient (Wildman–Crippen LogP) is 3.90. The Morgan fingerprint density at radius 2 is 2.00 bits per heavy atom. The first-order valence-corrected chi connectivity index (χ1v) is 8.44. The van der Waals surface area contributed by atoms with Gasteiger partial charge in [0.15, 0.2) is 6.61 Å². The van der Waals surface area contributed by atoms with Gasteiger partial charge in [-0.15, -0.1) is 0 Å². The third-order valence-corrected chi connectivity index (χ3v) is 4.02. The lowest BCUT2D eigenvalue weighted by Crippen LogP contribution is -2.24. The molecule has 1 N–H and O–H groups in total. The molecule has 0 spiro atoms. The summed E-state index contributed by atoms with van der Waals surface area (Å²) in [5.41, 5.74) is 3.03. The van der Waals surface area contributed by atoms with E-state index >= 15 is 0 Å². The zero-order valence-electron chi connectivity index (χ0n) is 11.1. The lowest BCUT2D eigenvalue weighted by Gasteiger charge is -2.09. The number of hydrazone groups is 1. The third-order valence-electron chi connectivity index (χ3n) is 2.38. The summed E-state index contributed by atoms with van der Waals surface area (Å²) in [4.78, 5) is 15.7. The maximum atomic E-state index is 11.7. The smallest absolute Gasteiger partial charge is 0.277 e. The summed E-state index contributed by atoms with van der Waals surface area (Å²) in [6.07, 6.45) is 3.11. The van der Waals surface area contributed by atoms with Crippen LogP contribution in [-0.4, -0.2) is 23.7 Å². The van der Waals surface area contributed by atoms with Crippen molar-refractivity contribution in [3.63, 3.8) is 0 Å². The summed E-state index contributed by atoms with van der Waals surface area (Å²) in [5, 5.41) is 3.81. The second kappa shape index (κ2) is 8.40. The number of nitrogens with one attached hydrogen (secondary N) is 1. The van der Waals surface area contributed by atoms with E-state index in [-0.39, 0.29) is 12.5 Å². The molecule has 5 nitrogen and oxygen atoms in total. The maximum absolute atomic E-state index is 11.7. The van der Waals surface area contributed by atoms with Crippen molar-refractivity contribution < 1.29 is 9.53 Å². The van der Waals surface area contributed by atoms with Gasteiger partial charge in [0.2, 0.25) is 0 Å². The van der Waals surface area contributed by atoms with Gasteiger partial charge in [0.1, 0.15) is 5.75 Å². The van der Waals surface area contributed by atoms with Crippen LogP contribution in [0.2, 0.25) is 0 Å². The van der Waals surface area contributed by atoms with E-state index < -0.39 is 0 Å². The van der Waals surface area contributed by atoms with E-state index in [9.17, 15) is 4.79 Å². The molecule has 2 rings (SSSR count). The fraction of sp³-hybridized carbons (Fsp3) is 0.0714. The largest absolute Gasteiger partial charge is 0.481 e. The predicted molar refractivity (Wildman–Crippen MR) is 95.0 cm³/mol. The van der Waals surface area contributed by atoms with Gasteiger partial charge in [-0.05, 0) is 56.1 Å². The Kier molecular flexibility index (Phi) is 6.53. The lowest BCUT2D eigenvalue weighted by atomic mass is 10.3. The van der Waals surface area contributed by atoms with Crippen molar-refractivity contribution in [1.29, 1.82) is 0 Å². The molecule has 0 aliphatic carbocycles. The molecule has 0 aliphatic heterocycles. The second-order valence-corrected chi connectivity index (χ2v) is 6.66. The van der Waals surface area contributed by atoms with Crippen molar-refractivity contribution >= 4 is 59.9 Å². The normalized spacial score (nSPS) is 10.7. The van der Waals surface area contributed by atoms with Gasteiger partial charge in [0, 0.05) is 10.7 Å². The van der Waals surface area contributed by atoms with E-state index in [4.69, 9.17) is 4.74 Å². The second-order valence-electron chi connectivity index (χ2n) is 4.04. The van der Waals surface area contributed by atoms with E-state index in [2.05, 4.69) is 63.3 Å². The highest BCUT2D eigenvalue weighted by Crippen LogP contribution is 2.36. The van der Waals surface area contributed by atoms with Gasteiger partial charge < -0.3 is 4.74 Å². The number of aromatic nitrogens is 1. The Hall–Kier alpha value is -1.25. The van der Waals surface area contributed by atoms with Crippen LogP contribution in [0.3, 0.4) is 0 Å². The molecule has 1 amide bonds. The van der Waals surface area contributed by atoms with Crippen molar-refractivity contribution in [2.45, 2.75) is 0 Å². The average molecular weight is 492 g/mol. The molecule has 0 saturated heterocycles. The third kappa shape index (κ3) is 5.19.